The molecule has 1 aliphatic heterocycles. The fourth-order valence-electron chi connectivity index (χ4n) is 4.04. The number of amides is 1. The Morgan fingerprint density at radius 3 is 2.54 bits per heavy atom. The summed E-state index contributed by atoms with van der Waals surface area (Å²) in [6, 6.07) is 11.3. The van der Waals surface area contributed by atoms with Gasteiger partial charge in [0, 0.05) is 22.4 Å². The summed E-state index contributed by atoms with van der Waals surface area (Å²) in [5.74, 6) is -1.64. The quantitative estimate of drug-likeness (QED) is 0.691. The number of carboxylic acid groups (broad SMARTS) is 1. The molecule has 5 nitrogen and oxygen atoms in total. The number of fused-ring (bicyclic) bond motifs is 3. The molecule has 0 bridgehead atoms. The van der Waals surface area contributed by atoms with Crippen LogP contribution in [0, 0.1) is 5.92 Å². The molecule has 1 amide bonds. The van der Waals surface area contributed by atoms with Crippen molar-refractivity contribution in [2.75, 3.05) is 4.90 Å². The highest BCUT2D eigenvalue weighted by molar-refractivity contribution is 6.37. The predicted octanol–water partition coefficient (Wildman–Crippen LogP) is 5.26. The van der Waals surface area contributed by atoms with Crippen LogP contribution in [0.15, 0.2) is 54.6 Å². The molecule has 1 N–H and O–H groups in total. The Kier molecular flexibility index (Phi) is 5.04. The van der Waals surface area contributed by atoms with Crippen LogP contribution in [0.1, 0.15) is 23.5 Å². The molecule has 0 fully saturated rings. The van der Waals surface area contributed by atoms with Gasteiger partial charge in [0.1, 0.15) is 12.6 Å². The predicted molar refractivity (Wildman–Crippen MR) is 107 cm³/mol. The van der Waals surface area contributed by atoms with Crippen molar-refractivity contribution < 1.29 is 19.4 Å². The highest BCUT2D eigenvalue weighted by Crippen LogP contribution is 2.52. The lowest BCUT2D eigenvalue weighted by Crippen LogP contribution is -2.53. The number of carbonyl (C=O) groups excluding carboxylic acids is 1. The third-order valence-corrected chi connectivity index (χ3v) is 5.87. The summed E-state index contributed by atoms with van der Waals surface area (Å²) in [6.45, 7) is 0.0301. The van der Waals surface area contributed by atoms with Crippen LogP contribution in [0.25, 0.3) is 0 Å². The molecular formula is C21H17Cl2NO4. The van der Waals surface area contributed by atoms with E-state index >= 15 is 0 Å². The molecule has 0 unspecified atom stereocenters. The van der Waals surface area contributed by atoms with Crippen LogP contribution in [0.2, 0.25) is 10.0 Å². The molecule has 1 heterocycles. The van der Waals surface area contributed by atoms with Crippen LogP contribution in [-0.4, -0.2) is 23.2 Å². The topological polar surface area (TPSA) is 66.8 Å². The van der Waals surface area contributed by atoms with Gasteiger partial charge in [0.05, 0.1) is 10.7 Å². The zero-order valence-corrected chi connectivity index (χ0v) is 16.2. The summed E-state index contributed by atoms with van der Waals surface area (Å²) in [7, 11) is 0. The van der Waals surface area contributed by atoms with E-state index in [1.54, 1.807) is 12.1 Å². The van der Waals surface area contributed by atoms with Gasteiger partial charge in [0.15, 0.2) is 0 Å². The van der Waals surface area contributed by atoms with Crippen molar-refractivity contribution in [2.24, 2.45) is 5.92 Å². The van der Waals surface area contributed by atoms with Crippen molar-refractivity contribution in [3.63, 3.8) is 0 Å². The van der Waals surface area contributed by atoms with Gasteiger partial charge in [-0.3, -0.25) is 4.90 Å². The van der Waals surface area contributed by atoms with Crippen LogP contribution < -0.4 is 4.90 Å². The summed E-state index contributed by atoms with van der Waals surface area (Å²) in [5.41, 5.74) is 1.78. The van der Waals surface area contributed by atoms with Gasteiger partial charge < -0.3 is 9.84 Å². The van der Waals surface area contributed by atoms with Gasteiger partial charge in [-0.1, -0.05) is 65.7 Å². The van der Waals surface area contributed by atoms with E-state index in [2.05, 4.69) is 0 Å². The molecule has 0 saturated carbocycles. The molecule has 7 heteroatoms. The van der Waals surface area contributed by atoms with E-state index in [1.165, 1.54) is 0 Å². The lowest BCUT2D eigenvalue weighted by molar-refractivity contribution is -0.140. The minimum absolute atomic E-state index is 0.0301. The number of benzene rings is 2. The number of ether oxygens (including phenoxy) is 1. The standard InChI is InChI=1S/C21H17Cl2NO4/c22-15-9-10-16(23)19-17(15)13-7-4-8-14(13)18(20(25)26)24(19)21(27)28-11-12-5-2-1-3-6-12/h1-7,9-10,13-14,18H,8,11H2,(H,25,26)/t13-,14+,18-/m1/s1. The smallest absolute Gasteiger partial charge is 0.415 e. The highest BCUT2D eigenvalue weighted by Gasteiger charge is 2.49. The first-order valence-corrected chi connectivity index (χ1v) is 9.62. The first-order chi connectivity index (χ1) is 13.5. The monoisotopic (exact) mass is 417 g/mol. The fourth-order valence-corrected chi connectivity index (χ4v) is 4.58. The number of hydrogen-bond acceptors (Lipinski definition) is 3. The number of hydrogen-bond donors (Lipinski definition) is 1. The number of aliphatic carboxylic acids is 1. The van der Waals surface area contributed by atoms with Crippen LogP contribution >= 0.6 is 23.2 Å². The summed E-state index contributed by atoms with van der Waals surface area (Å²) < 4.78 is 5.45. The Labute approximate surface area is 172 Å². The molecule has 0 spiro atoms. The van der Waals surface area contributed by atoms with Gasteiger partial charge in [-0.15, -0.1) is 0 Å². The summed E-state index contributed by atoms with van der Waals surface area (Å²) >= 11 is 12.8. The molecule has 0 radical (unpaired) electrons. The lowest BCUT2D eigenvalue weighted by atomic mass is 9.78. The number of rotatable bonds is 3. The van der Waals surface area contributed by atoms with E-state index < -0.39 is 18.1 Å². The minimum atomic E-state index is -1.10. The maximum absolute atomic E-state index is 13.0. The molecule has 28 heavy (non-hydrogen) atoms. The van der Waals surface area contributed by atoms with E-state index in [9.17, 15) is 14.7 Å². The molecule has 3 atom stereocenters. The molecule has 144 valence electrons. The first-order valence-electron chi connectivity index (χ1n) is 8.86. The Bertz CT molecular complexity index is 960. The molecule has 1 aliphatic carbocycles. The second-order valence-corrected chi connectivity index (χ2v) is 7.65. The zero-order chi connectivity index (χ0) is 19.8. The van der Waals surface area contributed by atoms with Crippen molar-refractivity contribution in [2.45, 2.75) is 25.0 Å². The lowest BCUT2D eigenvalue weighted by Gasteiger charge is -2.42. The van der Waals surface area contributed by atoms with Crippen molar-refractivity contribution in [1.29, 1.82) is 0 Å². The zero-order valence-electron chi connectivity index (χ0n) is 14.7. The second-order valence-electron chi connectivity index (χ2n) is 6.84. The third kappa shape index (κ3) is 3.15. The summed E-state index contributed by atoms with van der Waals surface area (Å²) in [6.07, 6.45) is 3.64. The number of carboxylic acids is 1. The second kappa shape index (κ2) is 7.49. The van der Waals surface area contributed by atoms with Crippen LogP contribution in [-0.2, 0) is 16.1 Å². The highest BCUT2D eigenvalue weighted by atomic mass is 35.5. The van der Waals surface area contributed by atoms with Gasteiger partial charge in [-0.25, -0.2) is 9.59 Å². The van der Waals surface area contributed by atoms with E-state index in [1.807, 2.05) is 42.5 Å². The molecule has 0 saturated heterocycles. The SMILES string of the molecule is O=C(O)[C@H]1[C@H]2CC=C[C@H]2c2c(Cl)ccc(Cl)c2N1C(=O)OCc1ccccc1. The number of carbonyl (C=O) groups is 2. The van der Waals surface area contributed by atoms with Crippen molar-refractivity contribution in [3.8, 4) is 0 Å². The number of anilines is 1. The van der Waals surface area contributed by atoms with E-state index in [0.717, 1.165) is 10.5 Å². The molecule has 0 aromatic heterocycles. The number of allylic oxidation sites excluding steroid dienone is 2. The van der Waals surface area contributed by atoms with Gasteiger partial charge >= 0.3 is 12.1 Å². The average Bonchev–Trinajstić information content (AvgIpc) is 3.17. The maximum Gasteiger partial charge on any atom is 0.415 e. The summed E-state index contributed by atoms with van der Waals surface area (Å²) in [5, 5.41) is 10.6. The van der Waals surface area contributed by atoms with Crippen LogP contribution in [0.5, 0.6) is 0 Å². The Balaban J connectivity index is 1.75. The van der Waals surface area contributed by atoms with Crippen LogP contribution in [0.3, 0.4) is 0 Å². The normalized spacial score (nSPS) is 22.5. The molecule has 2 aliphatic rings. The molecule has 2 aromatic carbocycles. The molecular weight excluding hydrogens is 401 g/mol. The van der Waals surface area contributed by atoms with E-state index in [0.29, 0.717) is 22.7 Å². The van der Waals surface area contributed by atoms with Gasteiger partial charge in [-0.05, 0) is 24.1 Å². The number of halogens is 2. The van der Waals surface area contributed by atoms with Gasteiger partial charge in [-0.2, -0.15) is 0 Å². The molecule has 2 aromatic rings. The number of nitrogens with zero attached hydrogens (tertiary/aromatic N) is 1. The largest absolute Gasteiger partial charge is 0.480 e. The average molecular weight is 418 g/mol. The summed E-state index contributed by atoms with van der Waals surface area (Å²) in [4.78, 5) is 26.3. The van der Waals surface area contributed by atoms with Gasteiger partial charge in [0.2, 0.25) is 0 Å². The van der Waals surface area contributed by atoms with Gasteiger partial charge in [0.25, 0.3) is 0 Å². The minimum Gasteiger partial charge on any atom is -0.480 e. The van der Waals surface area contributed by atoms with Crippen molar-refractivity contribution >= 4 is 41.0 Å². The van der Waals surface area contributed by atoms with Crippen LogP contribution in [0.4, 0.5) is 10.5 Å². The van der Waals surface area contributed by atoms with Crippen molar-refractivity contribution in [3.05, 3.63) is 75.8 Å². The van der Waals surface area contributed by atoms with E-state index in [4.69, 9.17) is 27.9 Å². The van der Waals surface area contributed by atoms with E-state index in [-0.39, 0.29) is 23.5 Å². The molecule has 4 rings (SSSR count). The fraction of sp³-hybridized carbons (Fsp3) is 0.238. The van der Waals surface area contributed by atoms with Crippen molar-refractivity contribution in [1.82, 2.24) is 0 Å². The first kappa shape index (κ1) is 18.8. The Morgan fingerprint density at radius 1 is 1.11 bits per heavy atom. The maximum atomic E-state index is 13.0. The Morgan fingerprint density at radius 2 is 1.82 bits per heavy atom. The third-order valence-electron chi connectivity index (χ3n) is 5.24. The Hall–Kier alpha value is -2.50.